The van der Waals surface area contributed by atoms with Crippen LogP contribution < -0.4 is 0 Å². The lowest BCUT2D eigenvalue weighted by atomic mass is 10.0. The normalized spacial score (nSPS) is 32.0. The summed E-state index contributed by atoms with van der Waals surface area (Å²) in [5, 5.41) is 8.32. The van der Waals surface area contributed by atoms with Gasteiger partial charge in [-0.3, -0.25) is 5.41 Å². The standard InChI is InChI=1S/C13H25N3/c1-3-11-4-5-12(10-11)13(14)16-8-6-15(2)7-9-16/h11-12,14H,3-10H2,1-2H3. The summed E-state index contributed by atoms with van der Waals surface area (Å²) >= 11 is 0. The first kappa shape index (κ1) is 11.9. The topological polar surface area (TPSA) is 30.3 Å². The Kier molecular flexibility index (Phi) is 3.85. The predicted octanol–water partition coefficient (Wildman–Crippen LogP) is 2.04. The largest absolute Gasteiger partial charge is 0.358 e. The van der Waals surface area contributed by atoms with E-state index < -0.39 is 0 Å². The number of nitrogens with zero attached hydrogens (tertiary/aromatic N) is 2. The van der Waals surface area contributed by atoms with Crippen molar-refractivity contribution < 1.29 is 0 Å². The lowest BCUT2D eigenvalue weighted by Gasteiger charge is -2.36. The first-order valence-corrected chi connectivity index (χ1v) is 6.72. The minimum Gasteiger partial charge on any atom is -0.358 e. The summed E-state index contributed by atoms with van der Waals surface area (Å²) in [4.78, 5) is 4.66. The molecular weight excluding hydrogens is 198 g/mol. The molecule has 0 radical (unpaired) electrons. The van der Waals surface area contributed by atoms with Crippen LogP contribution in [-0.4, -0.2) is 48.9 Å². The van der Waals surface area contributed by atoms with Crippen LogP contribution in [0.2, 0.25) is 0 Å². The highest BCUT2D eigenvalue weighted by atomic mass is 15.3. The van der Waals surface area contributed by atoms with E-state index in [2.05, 4.69) is 23.8 Å². The molecule has 1 saturated heterocycles. The second-order valence-corrected chi connectivity index (χ2v) is 5.46. The van der Waals surface area contributed by atoms with E-state index in [-0.39, 0.29) is 0 Å². The second kappa shape index (κ2) is 5.17. The van der Waals surface area contributed by atoms with Crippen LogP contribution in [0.15, 0.2) is 0 Å². The maximum Gasteiger partial charge on any atom is 0.0990 e. The van der Waals surface area contributed by atoms with Gasteiger partial charge in [0.15, 0.2) is 0 Å². The molecule has 1 aliphatic heterocycles. The Hall–Kier alpha value is -0.570. The summed E-state index contributed by atoms with van der Waals surface area (Å²) in [6.45, 7) is 6.64. The molecule has 1 aliphatic carbocycles. The molecule has 0 bridgehead atoms. The molecule has 1 saturated carbocycles. The first-order chi connectivity index (χ1) is 7.70. The zero-order valence-electron chi connectivity index (χ0n) is 10.7. The highest BCUT2D eigenvalue weighted by Gasteiger charge is 2.30. The van der Waals surface area contributed by atoms with Crippen molar-refractivity contribution in [1.29, 1.82) is 5.41 Å². The lowest BCUT2D eigenvalue weighted by Crippen LogP contribution is -2.48. The lowest BCUT2D eigenvalue weighted by molar-refractivity contribution is 0.208. The van der Waals surface area contributed by atoms with E-state index >= 15 is 0 Å². The molecule has 0 aromatic carbocycles. The van der Waals surface area contributed by atoms with E-state index in [1.807, 2.05) is 0 Å². The Morgan fingerprint density at radius 3 is 2.44 bits per heavy atom. The van der Waals surface area contributed by atoms with Gasteiger partial charge in [-0.1, -0.05) is 13.3 Å². The SMILES string of the molecule is CCC1CCC(C(=N)N2CCN(C)CC2)C1. The zero-order valence-corrected chi connectivity index (χ0v) is 10.7. The number of amidine groups is 1. The summed E-state index contributed by atoms with van der Waals surface area (Å²) in [7, 11) is 2.17. The van der Waals surface area contributed by atoms with Gasteiger partial charge in [0.1, 0.15) is 0 Å². The highest BCUT2D eigenvalue weighted by molar-refractivity contribution is 5.82. The molecule has 2 unspecified atom stereocenters. The van der Waals surface area contributed by atoms with E-state index in [0.29, 0.717) is 5.92 Å². The van der Waals surface area contributed by atoms with Crippen LogP contribution in [-0.2, 0) is 0 Å². The monoisotopic (exact) mass is 223 g/mol. The van der Waals surface area contributed by atoms with Crippen LogP contribution in [0.3, 0.4) is 0 Å². The Morgan fingerprint density at radius 2 is 1.88 bits per heavy atom. The number of hydrogen-bond donors (Lipinski definition) is 1. The van der Waals surface area contributed by atoms with Gasteiger partial charge >= 0.3 is 0 Å². The summed E-state index contributed by atoms with van der Waals surface area (Å²) < 4.78 is 0. The van der Waals surface area contributed by atoms with Gasteiger partial charge in [0.05, 0.1) is 5.84 Å². The van der Waals surface area contributed by atoms with Gasteiger partial charge in [-0.15, -0.1) is 0 Å². The first-order valence-electron chi connectivity index (χ1n) is 6.72. The van der Waals surface area contributed by atoms with E-state index in [9.17, 15) is 0 Å². The third-order valence-corrected chi connectivity index (χ3v) is 4.35. The van der Waals surface area contributed by atoms with Gasteiger partial charge in [-0.2, -0.15) is 0 Å². The fourth-order valence-electron chi connectivity index (χ4n) is 3.00. The molecule has 0 spiro atoms. The van der Waals surface area contributed by atoms with Gasteiger partial charge in [0.2, 0.25) is 0 Å². The highest BCUT2D eigenvalue weighted by Crippen LogP contribution is 2.34. The number of nitrogens with one attached hydrogen (secondary N) is 1. The Bertz CT molecular complexity index is 240. The number of piperazine rings is 1. The molecule has 2 aliphatic rings. The van der Waals surface area contributed by atoms with Crippen molar-refractivity contribution in [3.63, 3.8) is 0 Å². The van der Waals surface area contributed by atoms with Crippen molar-refractivity contribution in [1.82, 2.24) is 9.80 Å². The number of likely N-dealkylation sites (N-methyl/N-ethyl adjacent to an activating group) is 1. The molecule has 1 heterocycles. The van der Waals surface area contributed by atoms with E-state index in [0.717, 1.165) is 37.9 Å². The number of rotatable bonds is 2. The Morgan fingerprint density at radius 1 is 1.19 bits per heavy atom. The van der Waals surface area contributed by atoms with Crippen LogP contribution in [0.25, 0.3) is 0 Å². The van der Waals surface area contributed by atoms with Gasteiger partial charge in [0.25, 0.3) is 0 Å². The maximum atomic E-state index is 8.32. The molecule has 2 fully saturated rings. The number of hydrogen-bond acceptors (Lipinski definition) is 2. The molecule has 2 rings (SSSR count). The molecule has 3 nitrogen and oxygen atoms in total. The predicted molar refractivity (Wildman–Crippen MR) is 67.9 cm³/mol. The average molecular weight is 223 g/mol. The molecule has 2 atom stereocenters. The van der Waals surface area contributed by atoms with Crippen LogP contribution in [0, 0.1) is 17.2 Å². The molecule has 16 heavy (non-hydrogen) atoms. The van der Waals surface area contributed by atoms with Crippen molar-refractivity contribution in [3.8, 4) is 0 Å². The molecule has 92 valence electrons. The fourth-order valence-corrected chi connectivity index (χ4v) is 3.00. The van der Waals surface area contributed by atoms with E-state index in [4.69, 9.17) is 5.41 Å². The minimum atomic E-state index is 0.563. The third kappa shape index (κ3) is 2.57. The Labute approximate surface area is 99.3 Å². The third-order valence-electron chi connectivity index (χ3n) is 4.35. The molecule has 1 N–H and O–H groups in total. The van der Waals surface area contributed by atoms with Gasteiger partial charge in [0, 0.05) is 32.1 Å². The van der Waals surface area contributed by atoms with E-state index in [1.54, 1.807) is 0 Å². The van der Waals surface area contributed by atoms with Crippen molar-refractivity contribution in [3.05, 3.63) is 0 Å². The molecule has 0 aromatic rings. The van der Waals surface area contributed by atoms with Crippen LogP contribution in [0.4, 0.5) is 0 Å². The molecule has 3 heteroatoms. The minimum absolute atomic E-state index is 0.563. The van der Waals surface area contributed by atoms with Crippen molar-refractivity contribution >= 4 is 5.84 Å². The van der Waals surface area contributed by atoms with Crippen molar-refractivity contribution in [2.45, 2.75) is 32.6 Å². The molecular formula is C13H25N3. The van der Waals surface area contributed by atoms with Crippen molar-refractivity contribution in [2.75, 3.05) is 33.2 Å². The fraction of sp³-hybridized carbons (Fsp3) is 0.923. The van der Waals surface area contributed by atoms with Crippen molar-refractivity contribution in [2.24, 2.45) is 11.8 Å². The van der Waals surface area contributed by atoms with Gasteiger partial charge in [-0.25, -0.2) is 0 Å². The summed E-state index contributed by atoms with van der Waals surface area (Å²) in [6, 6.07) is 0. The average Bonchev–Trinajstić information content (AvgIpc) is 2.77. The quantitative estimate of drug-likeness (QED) is 0.573. The van der Waals surface area contributed by atoms with Gasteiger partial charge in [-0.05, 0) is 32.2 Å². The van der Waals surface area contributed by atoms with Gasteiger partial charge < -0.3 is 9.80 Å². The van der Waals surface area contributed by atoms with E-state index in [1.165, 1.54) is 25.7 Å². The summed E-state index contributed by atoms with van der Waals surface area (Å²) in [5.41, 5.74) is 0. The molecule has 0 aromatic heterocycles. The summed E-state index contributed by atoms with van der Waals surface area (Å²) in [5.74, 6) is 2.38. The zero-order chi connectivity index (χ0) is 11.5. The van der Waals surface area contributed by atoms with Crippen LogP contribution in [0.1, 0.15) is 32.6 Å². The second-order valence-electron chi connectivity index (χ2n) is 5.46. The smallest absolute Gasteiger partial charge is 0.0990 e. The maximum absolute atomic E-state index is 8.32. The van der Waals surface area contributed by atoms with Crippen LogP contribution >= 0.6 is 0 Å². The molecule has 0 amide bonds. The van der Waals surface area contributed by atoms with Crippen LogP contribution in [0.5, 0.6) is 0 Å². The Balaban J connectivity index is 1.83. The summed E-state index contributed by atoms with van der Waals surface area (Å²) in [6.07, 6.45) is 5.16.